The van der Waals surface area contributed by atoms with Crippen molar-refractivity contribution < 1.29 is 4.79 Å². The maximum atomic E-state index is 12.5. The Labute approximate surface area is 129 Å². The molecule has 0 atom stereocenters. The van der Waals surface area contributed by atoms with Crippen LogP contribution in [0.5, 0.6) is 0 Å². The highest BCUT2D eigenvalue weighted by Crippen LogP contribution is 2.27. The number of benzene rings is 2. The normalized spacial score (nSPS) is 12.9. The molecule has 0 spiro atoms. The molecular formula is C17H16N2OS. The molecule has 2 aromatic carbocycles. The molecule has 3 nitrogen and oxygen atoms in total. The van der Waals surface area contributed by atoms with Gasteiger partial charge in [0.15, 0.2) is 4.99 Å². The second kappa shape index (κ2) is 6.06. The van der Waals surface area contributed by atoms with Crippen molar-refractivity contribution in [2.24, 2.45) is 0 Å². The molecule has 3 rings (SSSR count). The van der Waals surface area contributed by atoms with Gasteiger partial charge in [0, 0.05) is 18.8 Å². The molecule has 0 unspecified atom stereocenters. The van der Waals surface area contributed by atoms with Crippen LogP contribution in [0.1, 0.15) is 11.1 Å². The quantitative estimate of drug-likeness (QED) is 0.865. The molecule has 2 aromatic rings. The van der Waals surface area contributed by atoms with Crippen LogP contribution in [-0.2, 0) is 17.8 Å². The van der Waals surface area contributed by atoms with Gasteiger partial charge in [-0.05, 0) is 23.6 Å². The Morgan fingerprint density at radius 1 is 1.10 bits per heavy atom. The molecule has 0 saturated heterocycles. The molecule has 0 aliphatic carbocycles. The van der Waals surface area contributed by atoms with Gasteiger partial charge in [0.05, 0.1) is 0 Å². The van der Waals surface area contributed by atoms with Crippen molar-refractivity contribution in [1.29, 1.82) is 0 Å². The lowest BCUT2D eigenvalue weighted by atomic mass is 10.2. The van der Waals surface area contributed by atoms with Gasteiger partial charge < -0.3 is 10.2 Å². The van der Waals surface area contributed by atoms with E-state index >= 15 is 0 Å². The van der Waals surface area contributed by atoms with E-state index in [2.05, 4.69) is 11.4 Å². The van der Waals surface area contributed by atoms with E-state index in [0.717, 1.165) is 17.7 Å². The minimum Gasteiger partial charge on any atom is -0.368 e. The Bertz CT molecular complexity index is 670. The number of nitrogens with zero attached hydrogens (tertiary/aromatic N) is 1. The van der Waals surface area contributed by atoms with Gasteiger partial charge in [-0.2, -0.15) is 0 Å². The minimum absolute atomic E-state index is 0.120. The van der Waals surface area contributed by atoms with Crippen LogP contribution in [0.2, 0.25) is 0 Å². The topological polar surface area (TPSA) is 32.3 Å². The summed E-state index contributed by atoms with van der Waals surface area (Å²) in [5.41, 5.74) is 3.29. The number of hydrogen-bond donors (Lipinski definition) is 1. The number of amides is 1. The van der Waals surface area contributed by atoms with Crippen molar-refractivity contribution in [3.8, 4) is 0 Å². The maximum absolute atomic E-state index is 12.5. The number of anilines is 1. The Balaban J connectivity index is 1.65. The number of fused-ring (bicyclic) bond motifs is 1. The summed E-state index contributed by atoms with van der Waals surface area (Å²) < 4.78 is 0. The van der Waals surface area contributed by atoms with Crippen molar-refractivity contribution in [3.63, 3.8) is 0 Å². The van der Waals surface area contributed by atoms with Crippen LogP contribution in [0.25, 0.3) is 0 Å². The van der Waals surface area contributed by atoms with Gasteiger partial charge in [0.25, 0.3) is 5.91 Å². The van der Waals surface area contributed by atoms with E-state index in [9.17, 15) is 4.79 Å². The largest absolute Gasteiger partial charge is 0.368 e. The highest BCUT2D eigenvalue weighted by Gasteiger charge is 2.26. The zero-order chi connectivity index (χ0) is 14.7. The van der Waals surface area contributed by atoms with Gasteiger partial charge in [-0.25, -0.2) is 0 Å². The van der Waals surface area contributed by atoms with Crippen molar-refractivity contribution in [2.45, 2.75) is 13.0 Å². The van der Waals surface area contributed by atoms with Gasteiger partial charge in [-0.1, -0.05) is 60.7 Å². The van der Waals surface area contributed by atoms with Crippen LogP contribution in [-0.4, -0.2) is 17.4 Å². The van der Waals surface area contributed by atoms with E-state index in [0.29, 0.717) is 13.1 Å². The first-order valence-electron chi connectivity index (χ1n) is 6.97. The molecule has 0 saturated carbocycles. The van der Waals surface area contributed by atoms with Crippen LogP contribution in [0, 0.1) is 0 Å². The van der Waals surface area contributed by atoms with Crippen LogP contribution >= 0.6 is 12.2 Å². The summed E-state index contributed by atoms with van der Waals surface area (Å²) in [5.74, 6) is -0.120. The fourth-order valence-electron chi connectivity index (χ4n) is 2.53. The summed E-state index contributed by atoms with van der Waals surface area (Å²) in [6, 6.07) is 17.9. The second-order valence-corrected chi connectivity index (χ2v) is 5.41. The first-order chi connectivity index (χ1) is 10.3. The van der Waals surface area contributed by atoms with E-state index < -0.39 is 0 Å². The summed E-state index contributed by atoms with van der Waals surface area (Å²) in [7, 11) is 0. The van der Waals surface area contributed by atoms with Crippen molar-refractivity contribution in [1.82, 2.24) is 5.32 Å². The average Bonchev–Trinajstić information content (AvgIpc) is 2.97. The highest BCUT2D eigenvalue weighted by atomic mass is 32.1. The average molecular weight is 296 g/mol. The number of rotatable bonds is 2. The third-order valence-electron chi connectivity index (χ3n) is 3.62. The van der Waals surface area contributed by atoms with E-state index in [-0.39, 0.29) is 10.9 Å². The molecule has 4 heteroatoms. The molecular weight excluding hydrogens is 280 g/mol. The zero-order valence-electron chi connectivity index (χ0n) is 11.6. The number of hydrogen-bond acceptors (Lipinski definition) is 2. The zero-order valence-corrected chi connectivity index (χ0v) is 12.4. The summed E-state index contributed by atoms with van der Waals surface area (Å²) in [6.07, 6.45) is 0.892. The summed E-state index contributed by atoms with van der Waals surface area (Å²) in [6.45, 7) is 1.27. The highest BCUT2D eigenvalue weighted by molar-refractivity contribution is 7.82. The van der Waals surface area contributed by atoms with Crippen LogP contribution in [0.3, 0.4) is 0 Å². The SMILES string of the molecule is O=C(C(=S)NCc1ccccc1)N1CCc2ccccc21. The van der Waals surface area contributed by atoms with Crippen LogP contribution in [0.4, 0.5) is 5.69 Å². The molecule has 1 amide bonds. The molecule has 21 heavy (non-hydrogen) atoms. The van der Waals surface area contributed by atoms with Crippen molar-refractivity contribution in [2.75, 3.05) is 11.4 Å². The maximum Gasteiger partial charge on any atom is 0.285 e. The third kappa shape index (κ3) is 2.95. The molecule has 1 aliphatic heterocycles. The molecule has 0 fully saturated rings. The molecule has 0 bridgehead atoms. The summed E-state index contributed by atoms with van der Waals surface area (Å²) in [4.78, 5) is 14.5. The number of para-hydroxylation sites is 1. The van der Waals surface area contributed by atoms with Gasteiger partial charge >= 0.3 is 0 Å². The predicted molar refractivity (Wildman–Crippen MR) is 88.4 cm³/mol. The molecule has 106 valence electrons. The fourth-order valence-corrected chi connectivity index (χ4v) is 2.71. The van der Waals surface area contributed by atoms with E-state index in [1.165, 1.54) is 5.56 Å². The Hall–Kier alpha value is -2.20. The molecule has 1 aliphatic rings. The lowest BCUT2D eigenvalue weighted by Crippen LogP contribution is -2.41. The molecule has 0 radical (unpaired) electrons. The first kappa shape index (κ1) is 13.8. The lowest BCUT2D eigenvalue weighted by molar-refractivity contribution is -0.112. The minimum atomic E-state index is -0.120. The number of carbonyl (C=O) groups excluding carboxylic acids is 1. The van der Waals surface area contributed by atoms with Gasteiger partial charge in [0.1, 0.15) is 0 Å². The summed E-state index contributed by atoms with van der Waals surface area (Å²) >= 11 is 5.24. The second-order valence-electron chi connectivity index (χ2n) is 5.00. The van der Waals surface area contributed by atoms with E-state index in [1.807, 2.05) is 48.5 Å². The number of thiocarbonyl (C=S) groups is 1. The predicted octanol–water partition coefficient (Wildman–Crippen LogP) is 2.69. The summed E-state index contributed by atoms with van der Waals surface area (Å²) in [5, 5.41) is 3.05. The Morgan fingerprint density at radius 3 is 2.62 bits per heavy atom. The van der Waals surface area contributed by atoms with Crippen LogP contribution in [0.15, 0.2) is 54.6 Å². The number of nitrogens with one attached hydrogen (secondary N) is 1. The molecule has 1 heterocycles. The Kier molecular flexibility index (Phi) is 3.97. The molecule has 1 N–H and O–H groups in total. The fraction of sp³-hybridized carbons (Fsp3) is 0.176. The van der Waals surface area contributed by atoms with E-state index in [4.69, 9.17) is 12.2 Å². The molecule has 0 aromatic heterocycles. The third-order valence-corrected chi connectivity index (χ3v) is 3.94. The Morgan fingerprint density at radius 2 is 1.81 bits per heavy atom. The standard InChI is InChI=1S/C17H16N2OS/c20-17(16(21)18-12-13-6-2-1-3-7-13)19-11-10-14-8-4-5-9-15(14)19/h1-9H,10-12H2,(H,18,21). The first-order valence-corrected chi connectivity index (χ1v) is 7.38. The van der Waals surface area contributed by atoms with Gasteiger partial charge in [-0.15, -0.1) is 0 Å². The monoisotopic (exact) mass is 296 g/mol. The number of carbonyl (C=O) groups is 1. The van der Waals surface area contributed by atoms with Gasteiger partial charge in [0.2, 0.25) is 0 Å². The van der Waals surface area contributed by atoms with Crippen molar-refractivity contribution in [3.05, 3.63) is 65.7 Å². The van der Waals surface area contributed by atoms with Crippen molar-refractivity contribution >= 4 is 28.8 Å². The van der Waals surface area contributed by atoms with E-state index in [1.54, 1.807) is 4.90 Å². The van der Waals surface area contributed by atoms with Gasteiger partial charge in [-0.3, -0.25) is 4.79 Å². The smallest absolute Gasteiger partial charge is 0.285 e. The van der Waals surface area contributed by atoms with Crippen LogP contribution < -0.4 is 10.2 Å². The lowest BCUT2D eigenvalue weighted by Gasteiger charge is -2.18.